The van der Waals surface area contributed by atoms with Crippen molar-refractivity contribution in [3.63, 3.8) is 0 Å². The number of nitrogens with two attached hydrogens (primary N) is 2. The average molecular weight is 392 g/mol. The maximum atomic E-state index is 10.6. The van der Waals surface area contributed by atoms with Crippen LogP contribution >= 0.6 is 0 Å². The van der Waals surface area contributed by atoms with Gasteiger partial charge in [-0.15, -0.1) is 0 Å². The number of phenolic OH excluding ortho intramolecular Hbond substituents is 2. The third-order valence-corrected chi connectivity index (χ3v) is 4.46. The molecule has 0 aromatic heterocycles. The van der Waals surface area contributed by atoms with Crippen LogP contribution in [0.3, 0.4) is 0 Å². The van der Waals surface area contributed by atoms with Gasteiger partial charge in [0.25, 0.3) is 0 Å². The van der Waals surface area contributed by atoms with Crippen molar-refractivity contribution in [1.82, 2.24) is 0 Å². The van der Waals surface area contributed by atoms with E-state index in [2.05, 4.69) is 0 Å². The predicted octanol–water partition coefficient (Wildman–Crippen LogP) is 0.506. The number of ether oxygens (including phenoxy) is 2. The largest absolute Gasteiger partial charge is 0.504 e. The van der Waals surface area contributed by atoms with Crippen LogP contribution in [-0.2, 0) is 12.8 Å². The summed E-state index contributed by atoms with van der Waals surface area (Å²) in [5, 5.41) is 39.7. The van der Waals surface area contributed by atoms with E-state index in [9.17, 15) is 20.4 Å². The first-order valence-corrected chi connectivity index (χ1v) is 8.87. The van der Waals surface area contributed by atoms with E-state index in [1.807, 2.05) is 0 Å². The minimum absolute atomic E-state index is 0.148. The predicted molar refractivity (Wildman–Crippen MR) is 106 cm³/mol. The van der Waals surface area contributed by atoms with Crippen LogP contribution in [0.2, 0.25) is 0 Å². The second-order valence-corrected chi connectivity index (χ2v) is 6.68. The fourth-order valence-electron chi connectivity index (χ4n) is 3.02. The van der Waals surface area contributed by atoms with Gasteiger partial charge in [-0.2, -0.15) is 0 Å². The number of phenols is 2. The Morgan fingerprint density at radius 2 is 1.11 bits per heavy atom. The Bertz CT molecular complexity index is 744. The first kappa shape index (κ1) is 21.8. The topological polar surface area (TPSA) is 151 Å². The van der Waals surface area contributed by atoms with Crippen molar-refractivity contribution in [2.45, 2.75) is 24.9 Å². The van der Waals surface area contributed by atoms with Crippen LogP contribution in [0.5, 0.6) is 23.0 Å². The van der Waals surface area contributed by atoms with Crippen LogP contribution in [0.25, 0.3) is 11.1 Å². The Labute approximate surface area is 163 Å². The molecule has 0 radical (unpaired) electrons. The van der Waals surface area contributed by atoms with Gasteiger partial charge in [0.1, 0.15) is 0 Å². The third kappa shape index (κ3) is 4.85. The van der Waals surface area contributed by atoms with E-state index in [-0.39, 0.29) is 36.2 Å². The summed E-state index contributed by atoms with van der Waals surface area (Å²) >= 11 is 0. The van der Waals surface area contributed by atoms with Gasteiger partial charge < -0.3 is 41.4 Å². The zero-order chi connectivity index (χ0) is 20.8. The number of rotatable bonds is 9. The first-order valence-electron chi connectivity index (χ1n) is 8.87. The molecule has 0 aliphatic carbocycles. The molecule has 0 fully saturated rings. The molecule has 8 heteroatoms. The summed E-state index contributed by atoms with van der Waals surface area (Å²) in [4.78, 5) is 0. The van der Waals surface area contributed by atoms with Crippen LogP contribution in [-0.4, -0.2) is 59.9 Å². The highest BCUT2D eigenvalue weighted by Gasteiger charge is 2.20. The highest BCUT2D eigenvalue weighted by molar-refractivity contribution is 5.81. The molecule has 0 bridgehead atoms. The molecule has 0 spiro atoms. The van der Waals surface area contributed by atoms with Gasteiger partial charge in [-0.3, -0.25) is 0 Å². The van der Waals surface area contributed by atoms with Gasteiger partial charge in [-0.25, -0.2) is 0 Å². The molecule has 154 valence electrons. The first-order chi connectivity index (χ1) is 13.3. The number of hydrogen-bond acceptors (Lipinski definition) is 8. The number of aliphatic hydroxyl groups is 2. The van der Waals surface area contributed by atoms with Gasteiger partial charge >= 0.3 is 0 Å². The normalized spacial score (nSPS) is 13.2. The summed E-state index contributed by atoms with van der Waals surface area (Å²) in [5.41, 5.74) is 13.8. The van der Waals surface area contributed by atoms with E-state index in [0.717, 1.165) is 11.1 Å². The number of hydrogen-bond donors (Lipinski definition) is 6. The summed E-state index contributed by atoms with van der Waals surface area (Å²) in [6, 6.07) is 5.68. The molecule has 8 nitrogen and oxygen atoms in total. The van der Waals surface area contributed by atoms with Crippen molar-refractivity contribution in [1.29, 1.82) is 0 Å². The molecule has 0 amide bonds. The molecule has 28 heavy (non-hydrogen) atoms. The smallest absolute Gasteiger partial charge is 0.165 e. The zero-order valence-electron chi connectivity index (χ0n) is 16.1. The highest BCUT2D eigenvalue weighted by atomic mass is 16.5. The number of methoxy groups -OCH3 is 2. The fraction of sp³-hybridized carbons (Fsp3) is 0.400. The molecule has 2 aromatic carbocycles. The van der Waals surface area contributed by atoms with Crippen LogP contribution < -0.4 is 20.9 Å². The van der Waals surface area contributed by atoms with Crippen molar-refractivity contribution >= 4 is 0 Å². The standard InChI is InChI=1S/C20H28N2O6/c1-27-17-7-11(3-13(21)9-23)5-15(19(17)25)16-6-12(4-14(22)10-24)8-18(28-2)20(16)26/h5-8,13-14,23-26H,3-4,9-10,21-22H2,1-2H3. The van der Waals surface area contributed by atoms with Gasteiger partial charge in [0.2, 0.25) is 0 Å². The molecule has 2 atom stereocenters. The van der Waals surface area contributed by atoms with Crippen molar-refractivity contribution < 1.29 is 29.9 Å². The second-order valence-electron chi connectivity index (χ2n) is 6.68. The molecule has 0 heterocycles. The van der Waals surface area contributed by atoms with Crippen molar-refractivity contribution in [2.24, 2.45) is 11.5 Å². The van der Waals surface area contributed by atoms with E-state index in [1.54, 1.807) is 24.3 Å². The Kier molecular flexibility index (Phi) is 7.47. The lowest BCUT2D eigenvalue weighted by Gasteiger charge is -2.18. The van der Waals surface area contributed by atoms with Crippen molar-refractivity contribution in [3.05, 3.63) is 35.4 Å². The maximum absolute atomic E-state index is 10.6. The van der Waals surface area contributed by atoms with Crippen molar-refractivity contribution in [3.8, 4) is 34.1 Å². The fourth-order valence-corrected chi connectivity index (χ4v) is 3.02. The van der Waals surface area contributed by atoms with E-state index in [0.29, 0.717) is 24.0 Å². The van der Waals surface area contributed by atoms with E-state index in [1.165, 1.54) is 14.2 Å². The Hall–Kier alpha value is -2.52. The van der Waals surface area contributed by atoms with Crippen LogP contribution in [0.15, 0.2) is 24.3 Å². The van der Waals surface area contributed by atoms with Gasteiger partial charge in [0.05, 0.1) is 27.4 Å². The van der Waals surface area contributed by atoms with Crippen molar-refractivity contribution in [2.75, 3.05) is 27.4 Å². The summed E-state index contributed by atoms with van der Waals surface area (Å²) in [7, 11) is 2.84. The monoisotopic (exact) mass is 392 g/mol. The molecule has 0 aliphatic heterocycles. The van der Waals surface area contributed by atoms with Crippen LogP contribution in [0.1, 0.15) is 11.1 Å². The summed E-state index contributed by atoms with van der Waals surface area (Å²) in [6.07, 6.45) is 0.709. The molecule has 8 N–H and O–H groups in total. The third-order valence-electron chi connectivity index (χ3n) is 4.46. The number of aromatic hydroxyl groups is 2. The van der Waals surface area contributed by atoms with E-state index in [4.69, 9.17) is 20.9 Å². The maximum Gasteiger partial charge on any atom is 0.165 e. The number of aliphatic hydroxyl groups excluding tert-OH is 2. The molecular weight excluding hydrogens is 364 g/mol. The SMILES string of the molecule is COc1cc(CC(N)CO)cc(-c2cc(CC(N)CO)cc(OC)c2O)c1O. The quantitative estimate of drug-likeness (QED) is 0.361. The highest BCUT2D eigenvalue weighted by Crippen LogP contribution is 2.45. The molecule has 2 aromatic rings. The summed E-state index contributed by atoms with van der Waals surface area (Å²) in [5.74, 6) is 0.136. The van der Waals surface area contributed by atoms with Gasteiger partial charge in [0, 0.05) is 23.2 Å². The van der Waals surface area contributed by atoms with Crippen LogP contribution in [0, 0.1) is 0 Å². The summed E-state index contributed by atoms with van der Waals surface area (Å²) < 4.78 is 10.5. The van der Waals surface area contributed by atoms with Crippen LogP contribution in [0.4, 0.5) is 0 Å². The van der Waals surface area contributed by atoms with E-state index >= 15 is 0 Å². The van der Waals surface area contributed by atoms with Gasteiger partial charge in [-0.05, 0) is 48.2 Å². The Morgan fingerprint density at radius 1 is 0.750 bits per heavy atom. The Balaban J connectivity index is 2.64. The molecule has 0 aliphatic rings. The Morgan fingerprint density at radius 3 is 1.39 bits per heavy atom. The molecule has 0 saturated heterocycles. The molecule has 2 unspecified atom stereocenters. The lowest BCUT2D eigenvalue weighted by molar-refractivity contribution is 0.265. The average Bonchev–Trinajstić information content (AvgIpc) is 2.70. The molecule has 2 rings (SSSR count). The van der Waals surface area contributed by atoms with E-state index < -0.39 is 12.1 Å². The second kappa shape index (κ2) is 9.61. The minimum Gasteiger partial charge on any atom is -0.504 e. The molecule has 0 saturated carbocycles. The zero-order valence-corrected chi connectivity index (χ0v) is 16.1. The van der Waals surface area contributed by atoms with Gasteiger partial charge in [-0.1, -0.05) is 0 Å². The minimum atomic E-state index is -0.473. The number of benzene rings is 2. The van der Waals surface area contributed by atoms with Gasteiger partial charge in [0.15, 0.2) is 23.0 Å². The lowest BCUT2D eigenvalue weighted by Crippen LogP contribution is -2.27. The lowest BCUT2D eigenvalue weighted by atomic mass is 9.94. The molecular formula is C20H28N2O6. The summed E-state index contributed by atoms with van der Waals surface area (Å²) in [6.45, 7) is -0.377.